The molecule has 0 saturated carbocycles. The third kappa shape index (κ3) is 3.05. The van der Waals surface area contributed by atoms with Gasteiger partial charge in [-0.25, -0.2) is 0 Å². The molecular weight excluding hydrogens is 210 g/mol. The van der Waals surface area contributed by atoms with Crippen molar-refractivity contribution in [3.63, 3.8) is 0 Å². The van der Waals surface area contributed by atoms with Gasteiger partial charge in [-0.2, -0.15) is 0 Å². The predicted octanol–water partition coefficient (Wildman–Crippen LogP) is 0.725. The Balaban J connectivity index is 2.39. The summed E-state index contributed by atoms with van der Waals surface area (Å²) in [7, 11) is 0. The van der Waals surface area contributed by atoms with E-state index in [9.17, 15) is 14.4 Å². The fraction of sp³-hybridized carbons (Fsp3) is 0.727. The highest BCUT2D eigenvalue weighted by Gasteiger charge is 2.36. The van der Waals surface area contributed by atoms with Crippen LogP contribution in [0.5, 0.6) is 0 Å². The summed E-state index contributed by atoms with van der Waals surface area (Å²) in [6.45, 7) is 3.78. The molecule has 1 fully saturated rings. The van der Waals surface area contributed by atoms with E-state index in [0.717, 1.165) is 17.7 Å². The van der Waals surface area contributed by atoms with Crippen molar-refractivity contribution in [2.45, 2.75) is 33.1 Å². The molecule has 0 aromatic carbocycles. The SMILES string of the molecule is CCCCOC(=O)CN1C(=O)CC(C)C1=O. The molecule has 0 radical (unpaired) electrons. The van der Waals surface area contributed by atoms with Gasteiger partial charge in [-0.3, -0.25) is 19.3 Å². The molecule has 0 N–H and O–H groups in total. The number of nitrogens with zero attached hydrogens (tertiary/aromatic N) is 1. The first kappa shape index (κ1) is 12.7. The van der Waals surface area contributed by atoms with Crippen LogP contribution in [0.3, 0.4) is 0 Å². The topological polar surface area (TPSA) is 63.7 Å². The first-order chi connectivity index (χ1) is 7.56. The maximum absolute atomic E-state index is 11.5. The van der Waals surface area contributed by atoms with E-state index in [-0.39, 0.29) is 30.7 Å². The molecule has 0 spiro atoms. The van der Waals surface area contributed by atoms with Gasteiger partial charge in [0, 0.05) is 12.3 Å². The second kappa shape index (κ2) is 5.63. The molecule has 0 aromatic rings. The number of likely N-dealkylation sites (tertiary alicyclic amines) is 1. The fourth-order valence-electron chi connectivity index (χ4n) is 1.52. The van der Waals surface area contributed by atoms with Gasteiger partial charge in [0.05, 0.1) is 6.61 Å². The van der Waals surface area contributed by atoms with Crippen molar-refractivity contribution in [3.8, 4) is 0 Å². The van der Waals surface area contributed by atoms with Crippen molar-refractivity contribution >= 4 is 17.8 Å². The van der Waals surface area contributed by atoms with Crippen LogP contribution in [-0.4, -0.2) is 35.8 Å². The molecule has 1 heterocycles. The smallest absolute Gasteiger partial charge is 0.326 e. The van der Waals surface area contributed by atoms with Crippen molar-refractivity contribution < 1.29 is 19.1 Å². The van der Waals surface area contributed by atoms with Gasteiger partial charge in [0.25, 0.3) is 0 Å². The Morgan fingerprint density at radius 3 is 2.69 bits per heavy atom. The molecule has 5 heteroatoms. The summed E-state index contributed by atoms with van der Waals surface area (Å²) in [6.07, 6.45) is 1.93. The standard InChI is InChI=1S/C11H17NO4/c1-3-4-5-16-10(14)7-12-9(13)6-8(2)11(12)15/h8H,3-7H2,1-2H3. The van der Waals surface area contributed by atoms with Crippen LogP contribution >= 0.6 is 0 Å². The summed E-state index contributed by atoms with van der Waals surface area (Å²) in [5.74, 6) is -1.39. The summed E-state index contributed by atoms with van der Waals surface area (Å²) in [5, 5.41) is 0. The molecule has 0 bridgehead atoms. The minimum atomic E-state index is -0.510. The lowest BCUT2D eigenvalue weighted by atomic mass is 10.1. The van der Waals surface area contributed by atoms with E-state index in [2.05, 4.69) is 0 Å². The second-order valence-electron chi connectivity index (χ2n) is 4.00. The number of esters is 1. The lowest BCUT2D eigenvalue weighted by Crippen LogP contribution is -2.36. The van der Waals surface area contributed by atoms with Crippen LogP contribution in [0, 0.1) is 5.92 Å². The molecule has 2 amide bonds. The number of amides is 2. The van der Waals surface area contributed by atoms with Gasteiger partial charge in [0.15, 0.2) is 0 Å². The minimum absolute atomic E-state index is 0.196. The summed E-state index contributed by atoms with van der Waals surface area (Å²) in [6, 6.07) is 0. The molecule has 5 nitrogen and oxygen atoms in total. The van der Waals surface area contributed by atoms with Crippen molar-refractivity contribution in [3.05, 3.63) is 0 Å². The number of hydrogen-bond acceptors (Lipinski definition) is 4. The third-order valence-electron chi connectivity index (χ3n) is 2.52. The average Bonchev–Trinajstić information content (AvgIpc) is 2.46. The Morgan fingerprint density at radius 2 is 2.19 bits per heavy atom. The lowest BCUT2D eigenvalue weighted by molar-refractivity contribution is -0.152. The third-order valence-corrected chi connectivity index (χ3v) is 2.52. The number of unbranched alkanes of at least 4 members (excludes halogenated alkanes) is 1. The van der Waals surface area contributed by atoms with E-state index in [4.69, 9.17) is 4.74 Å². The molecule has 0 aliphatic carbocycles. The highest BCUT2D eigenvalue weighted by molar-refractivity contribution is 6.05. The number of imide groups is 1. The van der Waals surface area contributed by atoms with Crippen molar-refractivity contribution in [2.75, 3.05) is 13.2 Å². The molecule has 1 saturated heterocycles. The van der Waals surface area contributed by atoms with Gasteiger partial charge >= 0.3 is 5.97 Å². The van der Waals surface area contributed by atoms with Gasteiger partial charge in [0.2, 0.25) is 11.8 Å². The molecule has 1 aliphatic rings. The Labute approximate surface area is 94.7 Å². The molecule has 16 heavy (non-hydrogen) atoms. The Hall–Kier alpha value is -1.39. The van der Waals surface area contributed by atoms with Gasteiger partial charge in [-0.1, -0.05) is 20.3 Å². The zero-order valence-corrected chi connectivity index (χ0v) is 9.69. The first-order valence-corrected chi connectivity index (χ1v) is 5.56. The van der Waals surface area contributed by atoms with Crippen LogP contribution in [0.25, 0.3) is 0 Å². The maximum Gasteiger partial charge on any atom is 0.326 e. The van der Waals surface area contributed by atoms with Crippen LogP contribution < -0.4 is 0 Å². The van der Waals surface area contributed by atoms with E-state index in [1.165, 1.54) is 0 Å². The van der Waals surface area contributed by atoms with Gasteiger partial charge < -0.3 is 4.74 Å². The molecule has 0 aromatic heterocycles. The van der Waals surface area contributed by atoms with Gasteiger partial charge in [0.1, 0.15) is 6.54 Å². The highest BCUT2D eigenvalue weighted by atomic mass is 16.5. The molecule has 1 unspecified atom stereocenters. The van der Waals surface area contributed by atoms with Gasteiger partial charge in [-0.15, -0.1) is 0 Å². The summed E-state index contributed by atoms with van der Waals surface area (Å²) in [4.78, 5) is 35.1. The second-order valence-corrected chi connectivity index (χ2v) is 4.00. The maximum atomic E-state index is 11.5. The summed E-state index contributed by atoms with van der Waals surface area (Å²) >= 11 is 0. The van der Waals surface area contributed by atoms with E-state index in [1.807, 2.05) is 6.92 Å². The quantitative estimate of drug-likeness (QED) is 0.394. The van der Waals surface area contributed by atoms with Crippen molar-refractivity contribution in [2.24, 2.45) is 5.92 Å². The predicted molar refractivity (Wildman–Crippen MR) is 56.4 cm³/mol. The van der Waals surface area contributed by atoms with E-state index in [1.54, 1.807) is 6.92 Å². The molecule has 1 aliphatic heterocycles. The van der Waals surface area contributed by atoms with E-state index < -0.39 is 5.97 Å². The van der Waals surface area contributed by atoms with Crippen LogP contribution in [0.1, 0.15) is 33.1 Å². The first-order valence-electron chi connectivity index (χ1n) is 5.56. The molecule has 1 atom stereocenters. The van der Waals surface area contributed by atoms with E-state index >= 15 is 0 Å². The number of carbonyl (C=O) groups is 3. The zero-order chi connectivity index (χ0) is 12.1. The largest absolute Gasteiger partial charge is 0.464 e. The number of rotatable bonds is 5. The van der Waals surface area contributed by atoms with Crippen LogP contribution in [0.2, 0.25) is 0 Å². The van der Waals surface area contributed by atoms with Crippen LogP contribution in [0.4, 0.5) is 0 Å². The minimum Gasteiger partial charge on any atom is -0.464 e. The van der Waals surface area contributed by atoms with Crippen molar-refractivity contribution in [1.82, 2.24) is 4.90 Å². The lowest BCUT2D eigenvalue weighted by Gasteiger charge is -2.13. The number of carbonyl (C=O) groups excluding carboxylic acids is 3. The summed E-state index contributed by atoms with van der Waals surface area (Å²) in [5.41, 5.74) is 0. The normalized spacial score (nSPS) is 20.4. The number of hydrogen-bond donors (Lipinski definition) is 0. The monoisotopic (exact) mass is 227 g/mol. The van der Waals surface area contributed by atoms with Crippen LogP contribution in [0.15, 0.2) is 0 Å². The highest BCUT2D eigenvalue weighted by Crippen LogP contribution is 2.18. The zero-order valence-electron chi connectivity index (χ0n) is 9.69. The molecular formula is C11H17NO4. The summed E-state index contributed by atoms with van der Waals surface area (Å²) < 4.78 is 4.89. The fourth-order valence-corrected chi connectivity index (χ4v) is 1.52. The molecule has 1 rings (SSSR count). The molecule has 90 valence electrons. The number of ether oxygens (including phenoxy) is 1. The average molecular weight is 227 g/mol. The van der Waals surface area contributed by atoms with Crippen molar-refractivity contribution in [1.29, 1.82) is 0 Å². The Kier molecular flexibility index (Phi) is 4.46. The Morgan fingerprint density at radius 1 is 1.50 bits per heavy atom. The van der Waals surface area contributed by atoms with Gasteiger partial charge in [-0.05, 0) is 6.42 Å². The van der Waals surface area contributed by atoms with Crippen LogP contribution in [-0.2, 0) is 19.1 Å². The van der Waals surface area contributed by atoms with E-state index in [0.29, 0.717) is 6.61 Å². The Bertz CT molecular complexity index is 300.